The van der Waals surface area contributed by atoms with Crippen LogP contribution in [0.15, 0.2) is 52.9 Å². The first kappa shape index (κ1) is 7.99. The highest BCUT2D eigenvalue weighted by atomic mass is 16.3. The van der Waals surface area contributed by atoms with Crippen molar-refractivity contribution in [1.29, 1.82) is 0 Å². The molecule has 0 radical (unpaired) electrons. The molecule has 0 atom stereocenters. The van der Waals surface area contributed by atoms with Crippen LogP contribution < -0.4 is 0 Å². The van der Waals surface area contributed by atoms with Gasteiger partial charge in [-0.05, 0) is 18.2 Å². The quantitative estimate of drug-likeness (QED) is 0.463. The van der Waals surface area contributed by atoms with E-state index in [9.17, 15) is 0 Å². The van der Waals surface area contributed by atoms with Gasteiger partial charge in [0.1, 0.15) is 5.76 Å². The molecule has 2 heteroatoms. The number of rotatable bonds is 0. The van der Waals surface area contributed by atoms with Gasteiger partial charge >= 0.3 is 0 Å². The highest BCUT2D eigenvalue weighted by Crippen LogP contribution is 2.32. The molecule has 0 spiro atoms. The summed E-state index contributed by atoms with van der Waals surface area (Å²) in [5.74, 6) is 0.930. The normalized spacial score (nSPS) is 11.8. The van der Waals surface area contributed by atoms with Gasteiger partial charge in [0.05, 0.1) is 0 Å². The molecule has 0 amide bonds. The van der Waals surface area contributed by atoms with Gasteiger partial charge in [0.2, 0.25) is 5.71 Å². The zero-order chi connectivity index (χ0) is 10.5. The van der Waals surface area contributed by atoms with Crippen molar-refractivity contribution in [3.63, 3.8) is 0 Å². The molecule has 1 aromatic carbocycles. The number of hydrogen-bond acceptors (Lipinski definition) is 1. The third-order valence-corrected chi connectivity index (χ3v) is 3.03. The molecular formula is C14H9NO. The molecule has 16 heavy (non-hydrogen) atoms. The molecule has 2 aliphatic rings. The number of fused-ring (bicyclic) bond motifs is 4. The molecule has 1 N–H and O–H groups in total. The molecule has 0 saturated carbocycles. The average Bonchev–Trinajstić information content (AvgIpc) is 2.88. The highest BCUT2D eigenvalue weighted by molar-refractivity contribution is 6.06. The largest absolute Gasteiger partial charge is 0.440 e. The standard InChI is InChI=1S/C14H9NO/c1-2-6-12-10(5-1)11-8-9-4-3-7-13(9)16-14(11)15-12/h1-8,15H. The Morgan fingerprint density at radius 3 is 2.81 bits per heavy atom. The summed E-state index contributed by atoms with van der Waals surface area (Å²) >= 11 is 0. The molecule has 0 bridgehead atoms. The Bertz CT molecular complexity index is 763. The van der Waals surface area contributed by atoms with E-state index in [-0.39, 0.29) is 0 Å². The Morgan fingerprint density at radius 1 is 0.875 bits per heavy atom. The number of para-hydroxylation sites is 1. The van der Waals surface area contributed by atoms with Crippen molar-refractivity contribution in [2.45, 2.75) is 0 Å². The second-order valence-electron chi connectivity index (χ2n) is 4.01. The summed E-state index contributed by atoms with van der Waals surface area (Å²) in [6.07, 6.45) is 0. The van der Waals surface area contributed by atoms with Crippen molar-refractivity contribution in [3.8, 4) is 11.3 Å². The van der Waals surface area contributed by atoms with Crippen LogP contribution in [0.2, 0.25) is 0 Å². The van der Waals surface area contributed by atoms with Crippen molar-refractivity contribution >= 4 is 22.0 Å². The van der Waals surface area contributed by atoms with E-state index in [1.165, 1.54) is 5.39 Å². The predicted octanol–water partition coefficient (Wildman–Crippen LogP) is 4.02. The van der Waals surface area contributed by atoms with E-state index in [1.807, 2.05) is 24.3 Å². The average molecular weight is 207 g/mol. The third kappa shape index (κ3) is 0.910. The predicted molar refractivity (Wildman–Crippen MR) is 64.7 cm³/mol. The first-order valence-corrected chi connectivity index (χ1v) is 5.31. The van der Waals surface area contributed by atoms with Crippen molar-refractivity contribution in [3.05, 3.63) is 48.5 Å². The molecule has 2 aromatic rings. The lowest BCUT2D eigenvalue weighted by molar-refractivity contribution is 0.611. The second-order valence-corrected chi connectivity index (χ2v) is 4.01. The topological polar surface area (TPSA) is 28.9 Å². The van der Waals surface area contributed by atoms with Gasteiger partial charge in [0.15, 0.2) is 0 Å². The zero-order valence-electron chi connectivity index (χ0n) is 8.53. The minimum atomic E-state index is 0.847. The van der Waals surface area contributed by atoms with Crippen LogP contribution in [0.3, 0.4) is 0 Å². The second kappa shape index (κ2) is 2.67. The van der Waals surface area contributed by atoms with Crippen molar-refractivity contribution in [2.75, 3.05) is 0 Å². The van der Waals surface area contributed by atoms with E-state index in [0.29, 0.717) is 0 Å². The maximum Gasteiger partial charge on any atom is 0.205 e. The first-order chi connectivity index (χ1) is 7.92. The Kier molecular flexibility index (Phi) is 1.33. The van der Waals surface area contributed by atoms with Crippen molar-refractivity contribution in [1.82, 2.24) is 4.98 Å². The van der Waals surface area contributed by atoms with Crippen molar-refractivity contribution in [2.24, 2.45) is 0 Å². The molecule has 0 saturated heterocycles. The van der Waals surface area contributed by atoms with Crippen LogP contribution in [0.1, 0.15) is 0 Å². The van der Waals surface area contributed by atoms with E-state index in [0.717, 1.165) is 27.9 Å². The fourth-order valence-electron chi connectivity index (χ4n) is 2.26. The molecule has 0 fully saturated rings. The Labute approximate surface area is 91.8 Å². The molecular weight excluding hydrogens is 198 g/mol. The monoisotopic (exact) mass is 207 g/mol. The van der Waals surface area contributed by atoms with Gasteiger partial charge in [-0.3, -0.25) is 0 Å². The lowest BCUT2D eigenvalue weighted by Crippen LogP contribution is -1.73. The summed E-state index contributed by atoms with van der Waals surface area (Å²) in [4.78, 5) is 3.29. The van der Waals surface area contributed by atoms with Crippen LogP contribution in [-0.2, 0) is 0 Å². The first-order valence-electron chi connectivity index (χ1n) is 5.31. The van der Waals surface area contributed by atoms with Gasteiger partial charge < -0.3 is 9.40 Å². The van der Waals surface area contributed by atoms with Gasteiger partial charge in [-0.1, -0.05) is 30.3 Å². The SMILES string of the molecule is c1cc2cc3c([nH]c4ccccc43)oc-2c1. The zero-order valence-corrected chi connectivity index (χ0v) is 8.53. The Morgan fingerprint density at radius 2 is 1.81 bits per heavy atom. The summed E-state index contributed by atoms with van der Waals surface area (Å²) in [6, 6.07) is 16.5. The summed E-state index contributed by atoms with van der Waals surface area (Å²) in [5.41, 5.74) is 3.12. The Hall–Kier alpha value is -2.22. The van der Waals surface area contributed by atoms with Crippen LogP contribution >= 0.6 is 0 Å². The summed E-state index contributed by atoms with van der Waals surface area (Å²) < 4.78 is 5.82. The van der Waals surface area contributed by atoms with Gasteiger partial charge in [-0.25, -0.2) is 0 Å². The van der Waals surface area contributed by atoms with Crippen LogP contribution in [-0.4, -0.2) is 4.98 Å². The molecule has 0 unspecified atom stereocenters. The molecule has 1 aliphatic carbocycles. The van der Waals surface area contributed by atoms with Gasteiger partial charge in [0.25, 0.3) is 0 Å². The number of H-pyrrole nitrogens is 1. The molecule has 1 aromatic heterocycles. The Balaban J connectivity index is 2.30. The number of aromatic nitrogens is 1. The molecule has 76 valence electrons. The minimum Gasteiger partial charge on any atom is -0.440 e. The summed E-state index contributed by atoms with van der Waals surface area (Å²) in [7, 11) is 0. The fourth-order valence-corrected chi connectivity index (χ4v) is 2.26. The smallest absolute Gasteiger partial charge is 0.205 e. The molecule has 2 heterocycles. The summed E-state index contributed by atoms with van der Waals surface area (Å²) in [5, 5.41) is 2.36. The van der Waals surface area contributed by atoms with Crippen LogP contribution in [0.25, 0.3) is 33.3 Å². The van der Waals surface area contributed by atoms with E-state index in [1.54, 1.807) is 0 Å². The van der Waals surface area contributed by atoms with E-state index in [4.69, 9.17) is 4.42 Å². The summed E-state index contributed by atoms with van der Waals surface area (Å²) in [6.45, 7) is 0. The highest BCUT2D eigenvalue weighted by Gasteiger charge is 2.10. The van der Waals surface area contributed by atoms with E-state index < -0.39 is 0 Å². The van der Waals surface area contributed by atoms with Crippen molar-refractivity contribution < 1.29 is 4.42 Å². The van der Waals surface area contributed by atoms with E-state index in [2.05, 4.69) is 29.2 Å². The number of aromatic amines is 1. The van der Waals surface area contributed by atoms with E-state index >= 15 is 0 Å². The lowest BCUT2D eigenvalue weighted by atomic mass is 10.1. The number of hydrogen-bond donors (Lipinski definition) is 1. The molecule has 4 rings (SSSR count). The number of nitrogens with one attached hydrogen (secondary N) is 1. The van der Waals surface area contributed by atoms with Gasteiger partial charge in [0, 0.05) is 21.9 Å². The molecule has 1 aliphatic heterocycles. The van der Waals surface area contributed by atoms with Crippen LogP contribution in [0, 0.1) is 0 Å². The van der Waals surface area contributed by atoms with Gasteiger partial charge in [-0.2, -0.15) is 0 Å². The minimum absolute atomic E-state index is 0.847. The maximum atomic E-state index is 5.82. The van der Waals surface area contributed by atoms with Crippen LogP contribution in [0.4, 0.5) is 0 Å². The lowest BCUT2D eigenvalue weighted by Gasteiger charge is -1.97. The molecule has 2 nitrogen and oxygen atoms in total. The van der Waals surface area contributed by atoms with Gasteiger partial charge in [-0.15, -0.1) is 0 Å². The van der Waals surface area contributed by atoms with Crippen LogP contribution in [0.5, 0.6) is 0 Å². The fraction of sp³-hybridized carbons (Fsp3) is 0. The maximum absolute atomic E-state index is 5.82. The third-order valence-electron chi connectivity index (χ3n) is 3.03. The number of benzene rings is 1.